The van der Waals surface area contributed by atoms with Crippen LogP contribution in [0.15, 0.2) is 42.6 Å². The Balaban J connectivity index is 1.31. The maximum Gasteiger partial charge on any atom is 0.142 e. The van der Waals surface area contributed by atoms with Crippen LogP contribution >= 0.6 is 0 Å². The number of fused-ring (bicyclic) bond motifs is 4. The molecule has 3 aromatic rings. The first kappa shape index (κ1) is 19.6. The summed E-state index contributed by atoms with van der Waals surface area (Å²) in [7, 11) is 0. The number of hydrogen-bond acceptors (Lipinski definition) is 6. The standard InChI is InChI=1S/C25H29N7/c1-17-13-30(22-6-4-20(12-26)32-23(22)7-9-28-32)15-24-21-5-3-19(11-18(21)14-31(17)24)29-10-8-25(2,27)16-29/h3-7,9,11,17,24H,8,10,13-16,27H2,1-2H3/t17-,24-,25-/m1/s1. The Morgan fingerprint density at radius 2 is 2.03 bits per heavy atom. The van der Waals surface area contributed by atoms with Crippen molar-refractivity contribution in [1.29, 1.82) is 5.26 Å². The molecule has 0 radical (unpaired) electrons. The summed E-state index contributed by atoms with van der Waals surface area (Å²) < 4.78 is 1.75. The van der Waals surface area contributed by atoms with E-state index in [1.807, 2.05) is 12.1 Å². The molecule has 32 heavy (non-hydrogen) atoms. The molecule has 0 spiro atoms. The summed E-state index contributed by atoms with van der Waals surface area (Å²) in [5.74, 6) is 0. The number of piperazine rings is 1. The minimum atomic E-state index is -0.0917. The van der Waals surface area contributed by atoms with Gasteiger partial charge in [0, 0.05) is 50.0 Å². The molecule has 7 nitrogen and oxygen atoms in total. The van der Waals surface area contributed by atoms with Crippen molar-refractivity contribution >= 4 is 16.9 Å². The minimum Gasteiger partial charge on any atom is -0.370 e. The van der Waals surface area contributed by atoms with Gasteiger partial charge in [-0.2, -0.15) is 10.4 Å². The van der Waals surface area contributed by atoms with Gasteiger partial charge in [0.2, 0.25) is 0 Å². The van der Waals surface area contributed by atoms with E-state index in [1.165, 1.54) is 16.8 Å². The predicted molar refractivity (Wildman–Crippen MR) is 126 cm³/mol. The Labute approximate surface area is 188 Å². The Hall–Kier alpha value is -3.08. The molecule has 2 aromatic heterocycles. The van der Waals surface area contributed by atoms with Gasteiger partial charge in [0.05, 0.1) is 23.4 Å². The quantitative estimate of drug-likeness (QED) is 0.678. The summed E-state index contributed by atoms with van der Waals surface area (Å²) in [4.78, 5) is 7.53. The Morgan fingerprint density at radius 3 is 2.81 bits per heavy atom. The number of aromatic nitrogens is 2. The first-order valence-corrected chi connectivity index (χ1v) is 11.5. The largest absolute Gasteiger partial charge is 0.370 e. The Morgan fingerprint density at radius 1 is 1.16 bits per heavy atom. The van der Waals surface area contributed by atoms with E-state index in [0.717, 1.165) is 50.3 Å². The summed E-state index contributed by atoms with van der Waals surface area (Å²) in [6.45, 7) is 9.33. The zero-order valence-electron chi connectivity index (χ0n) is 18.7. The molecule has 2 N–H and O–H groups in total. The molecular weight excluding hydrogens is 398 g/mol. The van der Waals surface area contributed by atoms with E-state index in [1.54, 1.807) is 10.7 Å². The van der Waals surface area contributed by atoms with Crippen molar-refractivity contribution in [1.82, 2.24) is 14.5 Å². The van der Waals surface area contributed by atoms with Crippen LogP contribution in [0.2, 0.25) is 0 Å². The van der Waals surface area contributed by atoms with Gasteiger partial charge >= 0.3 is 0 Å². The van der Waals surface area contributed by atoms with Gasteiger partial charge in [-0.1, -0.05) is 6.07 Å². The molecule has 0 aliphatic carbocycles. The molecule has 2 fully saturated rings. The number of hydrogen-bond donors (Lipinski definition) is 1. The lowest BCUT2D eigenvalue weighted by Gasteiger charge is -2.43. The van der Waals surface area contributed by atoms with Crippen LogP contribution in [0.5, 0.6) is 0 Å². The first-order valence-electron chi connectivity index (χ1n) is 11.5. The minimum absolute atomic E-state index is 0.0917. The molecule has 164 valence electrons. The fourth-order valence-electron chi connectivity index (χ4n) is 5.87. The first-order chi connectivity index (χ1) is 15.4. The zero-order chi connectivity index (χ0) is 22.0. The van der Waals surface area contributed by atoms with Gasteiger partial charge in [-0.25, -0.2) is 4.52 Å². The number of benzene rings is 1. The second-order valence-electron chi connectivity index (χ2n) is 9.99. The fourth-order valence-corrected chi connectivity index (χ4v) is 5.87. The second-order valence-corrected chi connectivity index (χ2v) is 9.99. The van der Waals surface area contributed by atoms with Crippen LogP contribution in [0.3, 0.4) is 0 Å². The molecular formula is C25H29N7. The number of anilines is 2. The van der Waals surface area contributed by atoms with Gasteiger partial charge in [0.1, 0.15) is 11.8 Å². The number of nitrogens with two attached hydrogens (primary N) is 1. The van der Waals surface area contributed by atoms with Crippen LogP contribution in [-0.4, -0.2) is 52.3 Å². The van der Waals surface area contributed by atoms with Crippen LogP contribution < -0.4 is 15.5 Å². The molecule has 2 saturated heterocycles. The van der Waals surface area contributed by atoms with E-state index in [0.29, 0.717) is 17.8 Å². The molecule has 6 rings (SSSR count). The number of pyridine rings is 1. The zero-order valence-corrected chi connectivity index (χ0v) is 18.7. The fraction of sp³-hybridized carbons (Fsp3) is 0.440. The molecule has 1 aromatic carbocycles. The summed E-state index contributed by atoms with van der Waals surface area (Å²) in [6.07, 6.45) is 2.81. The van der Waals surface area contributed by atoms with E-state index in [4.69, 9.17) is 5.73 Å². The Bertz CT molecular complexity index is 1240. The monoisotopic (exact) mass is 427 g/mol. The van der Waals surface area contributed by atoms with Crippen LogP contribution in [0.25, 0.3) is 5.52 Å². The molecule has 5 heterocycles. The molecule has 0 saturated carbocycles. The average molecular weight is 428 g/mol. The third kappa shape index (κ3) is 2.98. The molecule has 3 aliphatic heterocycles. The predicted octanol–water partition coefficient (Wildman–Crippen LogP) is 2.90. The van der Waals surface area contributed by atoms with E-state index < -0.39 is 0 Å². The van der Waals surface area contributed by atoms with Crippen molar-refractivity contribution in [2.24, 2.45) is 5.73 Å². The average Bonchev–Trinajstić information content (AvgIpc) is 3.49. The third-order valence-corrected chi connectivity index (χ3v) is 7.54. The van der Waals surface area contributed by atoms with Gasteiger partial charge in [-0.15, -0.1) is 0 Å². The lowest BCUT2D eigenvalue weighted by molar-refractivity contribution is 0.134. The SMILES string of the molecule is C[C@@H]1CN(c2ccc(C#N)n3nccc23)C[C@@H]2c3ccc(N4CC[C@@](C)(N)C4)cc3CN12. The highest BCUT2D eigenvalue weighted by Crippen LogP contribution is 2.42. The van der Waals surface area contributed by atoms with E-state index in [2.05, 4.69) is 64.0 Å². The lowest BCUT2D eigenvalue weighted by atomic mass is 10.0. The van der Waals surface area contributed by atoms with Crippen molar-refractivity contribution in [2.75, 3.05) is 36.0 Å². The highest BCUT2D eigenvalue weighted by Gasteiger charge is 2.40. The lowest BCUT2D eigenvalue weighted by Crippen LogP contribution is -2.51. The van der Waals surface area contributed by atoms with Crippen molar-refractivity contribution in [3.8, 4) is 6.07 Å². The van der Waals surface area contributed by atoms with Crippen LogP contribution in [0.4, 0.5) is 11.4 Å². The normalized spacial score (nSPS) is 27.6. The van der Waals surface area contributed by atoms with Crippen molar-refractivity contribution in [2.45, 2.75) is 44.4 Å². The van der Waals surface area contributed by atoms with E-state index in [-0.39, 0.29) is 5.54 Å². The molecule has 0 amide bonds. The molecule has 7 heteroatoms. The van der Waals surface area contributed by atoms with Gasteiger partial charge in [0.25, 0.3) is 0 Å². The maximum atomic E-state index is 9.42. The van der Waals surface area contributed by atoms with Crippen molar-refractivity contribution in [3.63, 3.8) is 0 Å². The van der Waals surface area contributed by atoms with Gasteiger partial charge in [0.15, 0.2) is 0 Å². The summed E-state index contributed by atoms with van der Waals surface area (Å²) >= 11 is 0. The number of nitrogens with zero attached hydrogens (tertiary/aromatic N) is 6. The van der Waals surface area contributed by atoms with E-state index in [9.17, 15) is 5.26 Å². The molecule has 3 atom stereocenters. The summed E-state index contributed by atoms with van der Waals surface area (Å²) in [5, 5.41) is 13.8. The second kappa shape index (κ2) is 6.96. The molecule has 0 bridgehead atoms. The smallest absolute Gasteiger partial charge is 0.142 e. The van der Waals surface area contributed by atoms with Crippen LogP contribution in [-0.2, 0) is 6.54 Å². The topological polar surface area (TPSA) is 76.8 Å². The van der Waals surface area contributed by atoms with Crippen LogP contribution in [0.1, 0.15) is 43.1 Å². The highest BCUT2D eigenvalue weighted by atomic mass is 15.3. The number of nitriles is 1. The summed E-state index contributed by atoms with van der Waals surface area (Å²) in [5.41, 5.74) is 13.2. The summed E-state index contributed by atoms with van der Waals surface area (Å²) in [6, 6.07) is 16.0. The highest BCUT2D eigenvalue weighted by molar-refractivity contribution is 5.74. The van der Waals surface area contributed by atoms with Crippen molar-refractivity contribution in [3.05, 3.63) is 59.4 Å². The van der Waals surface area contributed by atoms with Crippen LogP contribution in [0, 0.1) is 11.3 Å². The van der Waals surface area contributed by atoms with Gasteiger partial charge in [-0.3, -0.25) is 4.90 Å². The molecule has 0 unspecified atom stereocenters. The third-order valence-electron chi connectivity index (χ3n) is 7.54. The van der Waals surface area contributed by atoms with Gasteiger partial charge < -0.3 is 15.5 Å². The van der Waals surface area contributed by atoms with E-state index >= 15 is 0 Å². The van der Waals surface area contributed by atoms with Crippen molar-refractivity contribution < 1.29 is 0 Å². The number of rotatable bonds is 2. The maximum absolute atomic E-state index is 9.42. The Kier molecular flexibility index (Phi) is 4.26. The van der Waals surface area contributed by atoms with Gasteiger partial charge in [-0.05, 0) is 61.7 Å². The molecule has 3 aliphatic rings.